The summed E-state index contributed by atoms with van der Waals surface area (Å²) in [5, 5.41) is 10.0. The zero-order valence-electron chi connectivity index (χ0n) is 12.2. The molecular weight excluding hydrogens is 278 g/mol. The van der Waals surface area contributed by atoms with Crippen molar-refractivity contribution < 1.29 is 14.6 Å². The lowest BCUT2D eigenvalue weighted by Crippen LogP contribution is -2.26. The molecule has 0 amide bonds. The molecule has 4 nitrogen and oxygen atoms in total. The van der Waals surface area contributed by atoms with Gasteiger partial charge < -0.3 is 15.6 Å². The van der Waals surface area contributed by atoms with Crippen LogP contribution < -0.4 is 5.73 Å². The van der Waals surface area contributed by atoms with Crippen LogP contribution in [0.3, 0.4) is 0 Å². The number of carbonyl (C=O) groups excluding carboxylic acids is 1. The number of hydrogen-bond donors (Lipinski definition) is 2. The van der Waals surface area contributed by atoms with Crippen LogP contribution in [-0.2, 0) is 4.74 Å². The van der Waals surface area contributed by atoms with Crippen LogP contribution >= 0.6 is 12.4 Å². The van der Waals surface area contributed by atoms with Crippen molar-refractivity contribution in [2.75, 3.05) is 7.11 Å². The Balaban J connectivity index is 0.00000361. The topological polar surface area (TPSA) is 72.5 Å². The maximum absolute atomic E-state index is 11.3. The van der Waals surface area contributed by atoms with Gasteiger partial charge in [0.1, 0.15) is 0 Å². The smallest absolute Gasteiger partial charge is 0.337 e. The van der Waals surface area contributed by atoms with E-state index in [-0.39, 0.29) is 18.4 Å². The molecule has 0 saturated carbocycles. The summed E-state index contributed by atoms with van der Waals surface area (Å²) < 4.78 is 4.63. The molecule has 20 heavy (non-hydrogen) atoms. The normalized spacial score (nSPS) is 13.5. The van der Waals surface area contributed by atoms with Gasteiger partial charge in [-0.3, -0.25) is 0 Å². The fourth-order valence-corrected chi connectivity index (χ4v) is 1.87. The molecule has 1 aromatic rings. The fraction of sp³-hybridized carbons (Fsp3) is 0.533. The largest absolute Gasteiger partial charge is 0.465 e. The zero-order chi connectivity index (χ0) is 14.4. The van der Waals surface area contributed by atoms with Gasteiger partial charge in [-0.15, -0.1) is 12.4 Å². The van der Waals surface area contributed by atoms with E-state index in [9.17, 15) is 9.90 Å². The van der Waals surface area contributed by atoms with Crippen molar-refractivity contribution in [3.63, 3.8) is 0 Å². The molecule has 0 aliphatic heterocycles. The van der Waals surface area contributed by atoms with Crippen LogP contribution in [-0.4, -0.2) is 24.3 Å². The molecule has 1 rings (SSSR count). The van der Waals surface area contributed by atoms with Crippen LogP contribution in [0.1, 0.15) is 48.7 Å². The molecule has 2 atom stereocenters. The number of hydrogen-bond acceptors (Lipinski definition) is 4. The number of benzene rings is 1. The third-order valence-electron chi connectivity index (χ3n) is 3.17. The lowest BCUT2D eigenvalue weighted by molar-refractivity contribution is 0.0600. The highest BCUT2D eigenvalue weighted by Crippen LogP contribution is 2.20. The molecule has 0 aromatic heterocycles. The summed E-state index contributed by atoms with van der Waals surface area (Å²) in [6.45, 7) is 4.23. The lowest BCUT2D eigenvalue weighted by atomic mass is 9.95. The third-order valence-corrected chi connectivity index (χ3v) is 3.17. The quantitative estimate of drug-likeness (QED) is 0.792. The summed E-state index contributed by atoms with van der Waals surface area (Å²) in [7, 11) is 1.34. The molecule has 0 spiro atoms. The van der Waals surface area contributed by atoms with Crippen molar-refractivity contribution in [3.8, 4) is 0 Å². The first-order valence-corrected chi connectivity index (χ1v) is 6.57. The Morgan fingerprint density at radius 2 is 1.80 bits per heavy atom. The number of methoxy groups -OCH3 is 1. The Morgan fingerprint density at radius 1 is 1.25 bits per heavy atom. The van der Waals surface area contributed by atoms with Crippen molar-refractivity contribution in [1.29, 1.82) is 0 Å². The highest BCUT2D eigenvalue weighted by molar-refractivity contribution is 5.89. The maximum atomic E-state index is 11.3. The van der Waals surface area contributed by atoms with E-state index in [4.69, 9.17) is 5.73 Å². The molecule has 0 heterocycles. The maximum Gasteiger partial charge on any atom is 0.337 e. The van der Waals surface area contributed by atoms with Crippen molar-refractivity contribution in [1.82, 2.24) is 0 Å². The zero-order valence-corrected chi connectivity index (χ0v) is 13.0. The summed E-state index contributed by atoms with van der Waals surface area (Å²) in [4.78, 5) is 11.3. The molecular formula is C15H24ClNO3. The van der Waals surface area contributed by atoms with Gasteiger partial charge in [0.2, 0.25) is 0 Å². The molecule has 114 valence electrons. The average molecular weight is 302 g/mol. The molecule has 3 N–H and O–H groups in total. The second-order valence-electron chi connectivity index (χ2n) is 5.18. The molecule has 0 aliphatic carbocycles. The monoisotopic (exact) mass is 301 g/mol. The molecule has 1 aromatic carbocycles. The number of rotatable bonds is 6. The minimum Gasteiger partial charge on any atom is -0.465 e. The summed E-state index contributed by atoms with van der Waals surface area (Å²) >= 11 is 0. The van der Waals surface area contributed by atoms with Gasteiger partial charge in [0.05, 0.1) is 24.8 Å². The molecule has 0 radical (unpaired) electrons. The Morgan fingerprint density at radius 3 is 2.25 bits per heavy atom. The van der Waals surface area contributed by atoms with E-state index in [1.54, 1.807) is 24.3 Å². The molecule has 0 unspecified atom stereocenters. The number of nitrogens with two attached hydrogens (primary N) is 1. The van der Waals surface area contributed by atoms with E-state index >= 15 is 0 Å². The Bertz CT molecular complexity index is 406. The second kappa shape index (κ2) is 8.95. The number of ether oxygens (including phenoxy) is 1. The van der Waals surface area contributed by atoms with Gasteiger partial charge in [0, 0.05) is 0 Å². The van der Waals surface area contributed by atoms with Crippen LogP contribution in [0.25, 0.3) is 0 Å². The van der Waals surface area contributed by atoms with Gasteiger partial charge >= 0.3 is 5.97 Å². The summed E-state index contributed by atoms with van der Waals surface area (Å²) in [6, 6.07) is 6.42. The average Bonchev–Trinajstić information content (AvgIpc) is 2.43. The predicted octanol–water partition coefficient (Wildman–Crippen LogP) is 2.69. The third kappa shape index (κ3) is 5.49. The first kappa shape index (κ1) is 18.9. The van der Waals surface area contributed by atoms with E-state index in [0.717, 1.165) is 12.0 Å². The van der Waals surface area contributed by atoms with Gasteiger partial charge in [-0.05, 0) is 36.5 Å². The molecule has 0 saturated heterocycles. The van der Waals surface area contributed by atoms with Crippen LogP contribution in [0.15, 0.2) is 24.3 Å². The van der Waals surface area contributed by atoms with Gasteiger partial charge in [-0.25, -0.2) is 4.79 Å². The molecule has 0 aliphatic rings. The highest BCUT2D eigenvalue weighted by atomic mass is 35.5. The van der Waals surface area contributed by atoms with Crippen LogP contribution in [0, 0.1) is 5.92 Å². The van der Waals surface area contributed by atoms with Gasteiger partial charge in [0.15, 0.2) is 0 Å². The minimum atomic E-state index is -0.564. The second-order valence-corrected chi connectivity index (χ2v) is 5.18. The standard InChI is InChI=1S/C15H23NO3.ClH/c1-10(2)4-9-13(17)14(16)11-5-7-12(8-6-11)15(18)19-3;/h5-8,10,13-14,17H,4,9,16H2,1-3H3;1H/t13-,14+;/m0./s1. The van der Waals surface area contributed by atoms with Gasteiger partial charge in [-0.2, -0.15) is 0 Å². The van der Waals surface area contributed by atoms with E-state index in [0.29, 0.717) is 17.9 Å². The first-order valence-electron chi connectivity index (χ1n) is 6.57. The number of aliphatic hydroxyl groups excluding tert-OH is 1. The summed E-state index contributed by atoms with van der Waals surface area (Å²) in [5.41, 5.74) is 7.32. The number of halogens is 1. The first-order chi connectivity index (χ1) is 8.95. The minimum absolute atomic E-state index is 0. The van der Waals surface area contributed by atoms with Gasteiger partial charge in [0.25, 0.3) is 0 Å². The summed E-state index contributed by atoms with van der Waals surface area (Å²) in [6.07, 6.45) is 1.05. The van der Waals surface area contributed by atoms with Crippen LogP contribution in [0.2, 0.25) is 0 Å². The number of aliphatic hydroxyl groups is 1. The molecule has 5 heteroatoms. The summed E-state index contributed by atoms with van der Waals surface area (Å²) in [5.74, 6) is 0.170. The van der Waals surface area contributed by atoms with E-state index in [1.165, 1.54) is 7.11 Å². The lowest BCUT2D eigenvalue weighted by Gasteiger charge is -2.20. The van der Waals surface area contributed by atoms with Crippen molar-refractivity contribution in [3.05, 3.63) is 35.4 Å². The van der Waals surface area contributed by atoms with Crippen LogP contribution in [0.5, 0.6) is 0 Å². The Labute approximate surface area is 126 Å². The fourth-order valence-electron chi connectivity index (χ4n) is 1.87. The SMILES string of the molecule is COC(=O)c1ccc([C@@H](N)[C@@H](O)CCC(C)C)cc1.Cl. The number of esters is 1. The van der Waals surface area contributed by atoms with Crippen molar-refractivity contribution >= 4 is 18.4 Å². The van der Waals surface area contributed by atoms with Crippen molar-refractivity contribution in [2.24, 2.45) is 11.7 Å². The predicted molar refractivity (Wildman–Crippen MR) is 82.0 cm³/mol. The van der Waals surface area contributed by atoms with E-state index in [2.05, 4.69) is 18.6 Å². The van der Waals surface area contributed by atoms with Crippen LogP contribution in [0.4, 0.5) is 0 Å². The van der Waals surface area contributed by atoms with Gasteiger partial charge in [-0.1, -0.05) is 26.0 Å². The Hall–Kier alpha value is -1.10. The number of carbonyl (C=O) groups is 1. The van der Waals surface area contributed by atoms with E-state index in [1.807, 2.05) is 0 Å². The Kier molecular flexibility index (Phi) is 8.46. The van der Waals surface area contributed by atoms with Crippen molar-refractivity contribution in [2.45, 2.75) is 38.8 Å². The molecule has 0 bridgehead atoms. The molecule has 0 fully saturated rings. The highest BCUT2D eigenvalue weighted by Gasteiger charge is 2.17. The van der Waals surface area contributed by atoms with E-state index < -0.39 is 12.1 Å².